The molecule has 0 amide bonds. The number of rotatable bonds is 2. The minimum atomic E-state index is -3.31. The molecule has 0 bridgehead atoms. The summed E-state index contributed by atoms with van der Waals surface area (Å²) in [5.74, 6) is -0.516. The van der Waals surface area contributed by atoms with E-state index in [0.29, 0.717) is 12.0 Å². The summed E-state index contributed by atoms with van der Waals surface area (Å²) in [6.07, 6.45) is 1.67. The van der Waals surface area contributed by atoms with E-state index in [9.17, 15) is 12.8 Å². The fourth-order valence-corrected chi connectivity index (χ4v) is 2.18. The molecular weight excluding hydrogens is 191 g/mol. The third-order valence-corrected chi connectivity index (χ3v) is 2.99. The Labute approximate surface area is 77.3 Å². The number of halogens is 1. The van der Waals surface area contributed by atoms with Crippen molar-refractivity contribution in [3.8, 4) is 0 Å². The lowest BCUT2D eigenvalue weighted by Gasteiger charge is -2.04. The second-order valence-electron chi connectivity index (χ2n) is 2.88. The van der Waals surface area contributed by atoms with Crippen molar-refractivity contribution in [1.82, 2.24) is 0 Å². The van der Waals surface area contributed by atoms with Crippen LogP contribution in [0.2, 0.25) is 0 Å². The molecular formula is C9H11FO2S. The first-order chi connectivity index (χ1) is 5.95. The Kier molecular flexibility index (Phi) is 2.71. The number of hydrogen-bond acceptors (Lipinski definition) is 2. The van der Waals surface area contributed by atoms with Crippen LogP contribution < -0.4 is 0 Å². The van der Waals surface area contributed by atoms with Gasteiger partial charge < -0.3 is 0 Å². The van der Waals surface area contributed by atoms with Crippen LogP contribution in [0.1, 0.15) is 12.5 Å². The van der Waals surface area contributed by atoms with E-state index in [1.807, 2.05) is 6.92 Å². The van der Waals surface area contributed by atoms with Crippen molar-refractivity contribution < 1.29 is 12.8 Å². The van der Waals surface area contributed by atoms with Crippen LogP contribution >= 0.6 is 0 Å². The number of hydrogen-bond donors (Lipinski definition) is 0. The summed E-state index contributed by atoms with van der Waals surface area (Å²) in [7, 11) is -3.31. The van der Waals surface area contributed by atoms with Crippen LogP contribution in [-0.2, 0) is 16.3 Å². The van der Waals surface area contributed by atoms with E-state index < -0.39 is 15.7 Å². The molecule has 2 nitrogen and oxygen atoms in total. The average Bonchev–Trinajstić information content (AvgIpc) is 2.03. The van der Waals surface area contributed by atoms with Crippen molar-refractivity contribution in [1.29, 1.82) is 0 Å². The van der Waals surface area contributed by atoms with Crippen molar-refractivity contribution in [2.75, 3.05) is 6.26 Å². The van der Waals surface area contributed by atoms with E-state index in [2.05, 4.69) is 0 Å². The lowest BCUT2D eigenvalue weighted by atomic mass is 10.2. The van der Waals surface area contributed by atoms with Crippen molar-refractivity contribution in [2.24, 2.45) is 0 Å². The zero-order valence-corrected chi connectivity index (χ0v) is 8.36. The van der Waals surface area contributed by atoms with E-state index in [4.69, 9.17) is 0 Å². The van der Waals surface area contributed by atoms with Gasteiger partial charge in [-0.25, -0.2) is 12.8 Å². The molecule has 1 rings (SSSR count). The van der Waals surface area contributed by atoms with Crippen LogP contribution in [0.25, 0.3) is 0 Å². The van der Waals surface area contributed by atoms with Gasteiger partial charge in [-0.05, 0) is 24.1 Å². The molecule has 0 heterocycles. The Bertz CT molecular complexity index is 410. The van der Waals surface area contributed by atoms with E-state index in [1.165, 1.54) is 12.1 Å². The number of benzene rings is 1. The quantitative estimate of drug-likeness (QED) is 0.732. The lowest BCUT2D eigenvalue weighted by Crippen LogP contribution is -2.02. The molecule has 13 heavy (non-hydrogen) atoms. The molecule has 0 aliphatic heterocycles. The molecule has 1 aromatic rings. The zero-order valence-electron chi connectivity index (χ0n) is 7.54. The van der Waals surface area contributed by atoms with Crippen LogP contribution in [0.15, 0.2) is 23.1 Å². The maximum Gasteiger partial charge on any atom is 0.175 e. The largest absolute Gasteiger partial charge is 0.224 e. The zero-order chi connectivity index (χ0) is 10.1. The molecule has 0 fully saturated rings. The molecule has 0 unspecified atom stereocenters. The smallest absolute Gasteiger partial charge is 0.175 e. The Balaban J connectivity index is 3.41. The maximum absolute atomic E-state index is 12.7. The van der Waals surface area contributed by atoms with Crippen molar-refractivity contribution >= 4 is 9.84 Å². The predicted molar refractivity (Wildman–Crippen MR) is 48.9 cm³/mol. The molecule has 72 valence electrons. The van der Waals surface area contributed by atoms with Gasteiger partial charge in [-0.3, -0.25) is 0 Å². The van der Waals surface area contributed by atoms with E-state index in [-0.39, 0.29) is 4.90 Å². The minimum Gasteiger partial charge on any atom is -0.224 e. The molecule has 0 aliphatic rings. The third kappa shape index (κ3) is 2.28. The summed E-state index contributed by atoms with van der Waals surface area (Å²) in [6.45, 7) is 1.84. The van der Waals surface area contributed by atoms with Gasteiger partial charge in [-0.2, -0.15) is 0 Å². The highest BCUT2D eigenvalue weighted by molar-refractivity contribution is 7.90. The normalized spacial score (nSPS) is 11.6. The molecule has 0 aliphatic carbocycles. The molecule has 0 atom stereocenters. The van der Waals surface area contributed by atoms with E-state index >= 15 is 0 Å². The Morgan fingerprint density at radius 3 is 2.46 bits per heavy atom. The maximum atomic E-state index is 12.7. The van der Waals surface area contributed by atoms with Gasteiger partial charge in [0.1, 0.15) is 5.82 Å². The summed E-state index contributed by atoms with van der Waals surface area (Å²) in [6, 6.07) is 3.84. The molecule has 1 aromatic carbocycles. The number of aryl methyl sites for hydroxylation is 1. The van der Waals surface area contributed by atoms with E-state index in [1.54, 1.807) is 0 Å². The highest BCUT2D eigenvalue weighted by Crippen LogP contribution is 2.17. The van der Waals surface area contributed by atoms with Gasteiger partial charge in [0.15, 0.2) is 9.84 Å². The van der Waals surface area contributed by atoms with Gasteiger partial charge in [0.05, 0.1) is 4.90 Å². The van der Waals surface area contributed by atoms with Gasteiger partial charge in [-0.15, -0.1) is 0 Å². The average molecular weight is 202 g/mol. The van der Waals surface area contributed by atoms with Crippen molar-refractivity contribution in [3.05, 3.63) is 29.6 Å². The third-order valence-electron chi connectivity index (χ3n) is 1.81. The lowest BCUT2D eigenvalue weighted by molar-refractivity contribution is 0.594. The van der Waals surface area contributed by atoms with Gasteiger partial charge in [-0.1, -0.05) is 13.0 Å². The summed E-state index contributed by atoms with van der Waals surface area (Å²) < 4.78 is 35.1. The SMILES string of the molecule is CCc1ccc(F)cc1S(C)(=O)=O. The standard InChI is InChI=1S/C9H11FO2S/c1-3-7-4-5-8(10)6-9(7)13(2,11)12/h4-6H,3H2,1-2H3. The molecule has 0 aromatic heterocycles. The first-order valence-electron chi connectivity index (χ1n) is 3.93. The molecule has 0 saturated heterocycles. The number of sulfone groups is 1. The van der Waals surface area contributed by atoms with Crippen LogP contribution in [0.4, 0.5) is 4.39 Å². The summed E-state index contributed by atoms with van der Waals surface area (Å²) in [5, 5.41) is 0. The first-order valence-corrected chi connectivity index (χ1v) is 5.82. The summed E-state index contributed by atoms with van der Waals surface area (Å²) >= 11 is 0. The van der Waals surface area contributed by atoms with Crippen LogP contribution in [0.3, 0.4) is 0 Å². The highest BCUT2D eigenvalue weighted by Gasteiger charge is 2.12. The van der Waals surface area contributed by atoms with Crippen molar-refractivity contribution in [2.45, 2.75) is 18.2 Å². The summed E-state index contributed by atoms with van der Waals surface area (Å²) in [4.78, 5) is 0.0926. The first kappa shape index (κ1) is 10.2. The van der Waals surface area contributed by atoms with Gasteiger partial charge in [0.2, 0.25) is 0 Å². The van der Waals surface area contributed by atoms with Gasteiger partial charge >= 0.3 is 0 Å². The predicted octanol–water partition coefficient (Wildman–Crippen LogP) is 1.79. The van der Waals surface area contributed by atoms with Crippen molar-refractivity contribution in [3.63, 3.8) is 0 Å². The Morgan fingerprint density at radius 1 is 1.38 bits per heavy atom. The second-order valence-corrected chi connectivity index (χ2v) is 4.86. The Hall–Kier alpha value is -0.900. The highest BCUT2D eigenvalue weighted by atomic mass is 32.2. The van der Waals surface area contributed by atoms with Gasteiger partial charge in [0, 0.05) is 6.26 Å². The van der Waals surface area contributed by atoms with Crippen LogP contribution in [0.5, 0.6) is 0 Å². The Morgan fingerprint density at radius 2 is 2.00 bits per heavy atom. The molecule has 0 radical (unpaired) electrons. The fraction of sp³-hybridized carbons (Fsp3) is 0.333. The second kappa shape index (κ2) is 3.46. The molecule has 0 spiro atoms. The van der Waals surface area contributed by atoms with Crippen LogP contribution in [0, 0.1) is 5.82 Å². The van der Waals surface area contributed by atoms with Gasteiger partial charge in [0.25, 0.3) is 0 Å². The van der Waals surface area contributed by atoms with Crippen LogP contribution in [-0.4, -0.2) is 14.7 Å². The van der Waals surface area contributed by atoms with E-state index in [0.717, 1.165) is 12.3 Å². The molecule has 0 N–H and O–H groups in total. The molecule has 0 saturated carbocycles. The summed E-state index contributed by atoms with van der Waals surface area (Å²) in [5.41, 5.74) is 0.656. The minimum absolute atomic E-state index is 0.0926. The topological polar surface area (TPSA) is 34.1 Å². The monoisotopic (exact) mass is 202 g/mol. The fourth-order valence-electron chi connectivity index (χ4n) is 1.17. The molecule has 4 heteroatoms.